The fraction of sp³-hybridized carbons (Fsp3) is 0.250. The highest BCUT2D eigenvalue weighted by Crippen LogP contribution is 2.08. The number of carbonyl (C=O) groups excluding carboxylic acids is 1. The van der Waals surface area contributed by atoms with Crippen molar-refractivity contribution in [1.29, 1.82) is 0 Å². The molecule has 78 valence electrons. The lowest BCUT2D eigenvalue weighted by Crippen LogP contribution is -2.12. The van der Waals surface area contributed by atoms with Crippen LogP contribution in [0.5, 0.6) is 0 Å². The van der Waals surface area contributed by atoms with Crippen LogP contribution in [0.1, 0.15) is 22.3 Å². The highest BCUT2D eigenvalue weighted by molar-refractivity contribution is 6.00. The van der Waals surface area contributed by atoms with E-state index >= 15 is 0 Å². The predicted octanol–water partition coefficient (Wildman–Crippen LogP) is 0.927. The minimum Gasteiger partial charge on any atom is -0.417 e. The second kappa shape index (κ2) is 3.52. The molecule has 0 aromatic carbocycles. The molecule has 2 rings (SSSR count). The van der Waals surface area contributed by atoms with Gasteiger partial charge < -0.3 is 8.94 Å². The van der Waals surface area contributed by atoms with Gasteiger partial charge in [-0.15, -0.1) is 10.2 Å². The average molecular weight is 208 g/mol. The lowest BCUT2D eigenvalue weighted by Gasteiger charge is -1.93. The van der Waals surface area contributed by atoms with Crippen molar-refractivity contribution in [2.45, 2.75) is 13.8 Å². The second-order valence-corrected chi connectivity index (χ2v) is 2.90. The number of hydrogen-bond acceptors (Lipinski definition) is 6. The first-order valence-corrected chi connectivity index (χ1v) is 4.20. The van der Waals surface area contributed by atoms with Crippen molar-refractivity contribution in [3.63, 3.8) is 0 Å². The molecule has 15 heavy (non-hydrogen) atoms. The SMILES string of the molecule is Cc1cc(NC(=O)c2nnc(C)o2)no1. The van der Waals surface area contributed by atoms with E-state index in [-0.39, 0.29) is 5.89 Å². The Morgan fingerprint density at radius 1 is 1.40 bits per heavy atom. The van der Waals surface area contributed by atoms with E-state index in [2.05, 4.69) is 20.7 Å². The van der Waals surface area contributed by atoms with Crippen molar-refractivity contribution in [1.82, 2.24) is 15.4 Å². The van der Waals surface area contributed by atoms with Crippen molar-refractivity contribution in [2.75, 3.05) is 5.32 Å². The molecule has 0 saturated carbocycles. The number of nitrogens with zero attached hydrogens (tertiary/aromatic N) is 3. The summed E-state index contributed by atoms with van der Waals surface area (Å²) in [4.78, 5) is 11.4. The molecule has 2 aromatic rings. The van der Waals surface area contributed by atoms with Gasteiger partial charge in [0.1, 0.15) is 5.76 Å². The Morgan fingerprint density at radius 3 is 2.73 bits per heavy atom. The first-order valence-electron chi connectivity index (χ1n) is 4.20. The third-order valence-corrected chi connectivity index (χ3v) is 1.59. The zero-order valence-corrected chi connectivity index (χ0v) is 8.14. The molecular weight excluding hydrogens is 200 g/mol. The molecule has 7 nitrogen and oxygen atoms in total. The fourth-order valence-corrected chi connectivity index (χ4v) is 0.983. The topological polar surface area (TPSA) is 94.1 Å². The summed E-state index contributed by atoms with van der Waals surface area (Å²) in [6, 6.07) is 1.58. The van der Waals surface area contributed by atoms with Gasteiger partial charge in [-0.05, 0) is 6.92 Å². The molecule has 0 radical (unpaired) electrons. The van der Waals surface area contributed by atoms with Gasteiger partial charge in [-0.25, -0.2) is 0 Å². The van der Waals surface area contributed by atoms with Crippen LogP contribution in [0.2, 0.25) is 0 Å². The minimum atomic E-state index is -0.510. The standard InChI is InChI=1S/C8H8N4O3/c1-4-3-6(12-15-4)9-7(13)8-11-10-5(2)14-8/h3H,1-2H3,(H,9,12,13). The molecule has 0 aliphatic carbocycles. The van der Waals surface area contributed by atoms with Gasteiger partial charge in [-0.1, -0.05) is 5.16 Å². The van der Waals surface area contributed by atoms with Gasteiger partial charge in [0.05, 0.1) is 0 Å². The summed E-state index contributed by atoms with van der Waals surface area (Å²) in [5.74, 6) is 0.633. The summed E-state index contributed by atoms with van der Waals surface area (Å²) < 4.78 is 9.71. The first-order chi connectivity index (χ1) is 7.15. The van der Waals surface area contributed by atoms with Crippen molar-refractivity contribution < 1.29 is 13.7 Å². The Kier molecular flexibility index (Phi) is 2.20. The summed E-state index contributed by atoms with van der Waals surface area (Å²) >= 11 is 0. The minimum absolute atomic E-state index is 0.104. The maximum absolute atomic E-state index is 11.4. The first kappa shape index (κ1) is 9.38. The molecule has 0 unspecified atom stereocenters. The fourth-order valence-electron chi connectivity index (χ4n) is 0.983. The quantitative estimate of drug-likeness (QED) is 0.788. The lowest BCUT2D eigenvalue weighted by atomic mass is 10.5. The number of nitrogens with one attached hydrogen (secondary N) is 1. The van der Waals surface area contributed by atoms with E-state index in [9.17, 15) is 4.79 Å². The summed E-state index contributed by atoms with van der Waals surface area (Å²) in [6.45, 7) is 3.32. The van der Waals surface area contributed by atoms with Gasteiger partial charge in [0, 0.05) is 13.0 Å². The molecule has 2 aromatic heterocycles. The molecule has 0 aliphatic rings. The van der Waals surface area contributed by atoms with E-state index in [4.69, 9.17) is 8.94 Å². The maximum Gasteiger partial charge on any atom is 0.314 e. The normalized spacial score (nSPS) is 10.3. The van der Waals surface area contributed by atoms with Gasteiger partial charge in [0.2, 0.25) is 5.89 Å². The van der Waals surface area contributed by atoms with Gasteiger partial charge >= 0.3 is 11.8 Å². The van der Waals surface area contributed by atoms with E-state index in [1.807, 2.05) is 0 Å². The van der Waals surface area contributed by atoms with E-state index < -0.39 is 5.91 Å². The predicted molar refractivity (Wildman–Crippen MR) is 48.2 cm³/mol. The van der Waals surface area contributed by atoms with Crippen molar-refractivity contribution in [3.8, 4) is 0 Å². The number of carbonyl (C=O) groups is 1. The van der Waals surface area contributed by atoms with E-state index in [1.165, 1.54) is 0 Å². The summed E-state index contributed by atoms with van der Waals surface area (Å²) in [7, 11) is 0. The molecule has 7 heteroatoms. The number of anilines is 1. The number of aryl methyl sites for hydroxylation is 2. The van der Waals surface area contributed by atoms with Crippen LogP contribution >= 0.6 is 0 Å². The Balaban J connectivity index is 2.10. The van der Waals surface area contributed by atoms with E-state index in [0.29, 0.717) is 17.5 Å². The summed E-state index contributed by atoms with van der Waals surface area (Å²) in [5, 5.41) is 13.1. The Labute approximate surface area is 84.5 Å². The maximum atomic E-state index is 11.4. The van der Waals surface area contributed by atoms with Crippen LogP contribution in [-0.4, -0.2) is 21.3 Å². The number of amides is 1. The third kappa shape index (κ3) is 2.01. The van der Waals surface area contributed by atoms with Crippen molar-refractivity contribution in [2.24, 2.45) is 0 Å². The molecule has 1 amide bonds. The molecule has 2 heterocycles. The molecule has 1 N–H and O–H groups in total. The number of aromatic nitrogens is 3. The van der Waals surface area contributed by atoms with Gasteiger partial charge in [0.15, 0.2) is 5.82 Å². The van der Waals surface area contributed by atoms with E-state index in [1.54, 1.807) is 19.9 Å². The monoisotopic (exact) mass is 208 g/mol. The number of rotatable bonds is 2. The van der Waals surface area contributed by atoms with Gasteiger partial charge in [-0.2, -0.15) is 0 Å². The molecular formula is C8H8N4O3. The smallest absolute Gasteiger partial charge is 0.314 e. The molecule has 0 bridgehead atoms. The van der Waals surface area contributed by atoms with E-state index in [0.717, 1.165) is 0 Å². The van der Waals surface area contributed by atoms with Crippen LogP contribution in [0.4, 0.5) is 5.82 Å². The molecule has 0 saturated heterocycles. The van der Waals surface area contributed by atoms with Crippen LogP contribution in [0.3, 0.4) is 0 Å². The molecule has 0 spiro atoms. The average Bonchev–Trinajstić information content (AvgIpc) is 2.75. The Morgan fingerprint density at radius 2 is 2.20 bits per heavy atom. The summed E-state index contributed by atoms with van der Waals surface area (Å²) in [6.07, 6.45) is 0. The lowest BCUT2D eigenvalue weighted by molar-refractivity contribution is 0.0988. The van der Waals surface area contributed by atoms with Crippen LogP contribution in [0, 0.1) is 13.8 Å². The van der Waals surface area contributed by atoms with Gasteiger partial charge in [0.25, 0.3) is 0 Å². The Hall–Kier alpha value is -2.18. The second-order valence-electron chi connectivity index (χ2n) is 2.90. The van der Waals surface area contributed by atoms with Crippen molar-refractivity contribution in [3.05, 3.63) is 23.6 Å². The molecule has 0 fully saturated rings. The van der Waals surface area contributed by atoms with Crippen molar-refractivity contribution >= 4 is 11.7 Å². The highest BCUT2D eigenvalue weighted by Gasteiger charge is 2.14. The molecule has 0 aliphatic heterocycles. The summed E-state index contributed by atoms with van der Waals surface area (Å²) in [5.41, 5.74) is 0. The zero-order valence-electron chi connectivity index (χ0n) is 8.14. The van der Waals surface area contributed by atoms with Crippen LogP contribution in [0.15, 0.2) is 15.0 Å². The van der Waals surface area contributed by atoms with Crippen LogP contribution in [0.25, 0.3) is 0 Å². The molecule has 0 atom stereocenters. The Bertz CT molecular complexity index is 488. The zero-order chi connectivity index (χ0) is 10.8. The highest BCUT2D eigenvalue weighted by atomic mass is 16.5. The van der Waals surface area contributed by atoms with Crippen LogP contribution in [-0.2, 0) is 0 Å². The largest absolute Gasteiger partial charge is 0.417 e. The third-order valence-electron chi connectivity index (χ3n) is 1.59. The van der Waals surface area contributed by atoms with Crippen LogP contribution < -0.4 is 5.32 Å². The number of hydrogen-bond donors (Lipinski definition) is 1. The van der Waals surface area contributed by atoms with Gasteiger partial charge in [-0.3, -0.25) is 10.1 Å².